The predicted octanol–water partition coefficient (Wildman–Crippen LogP) is 4.25. The van der Waals surface area contributed by atoms with Gasteiger partial charge < -0.3 is 10.6 Å². The zero-order valence-electron chi connectivity index (χ0n) is 13.1. The summed E-state index contributed by atoms with van der Waals surface area (Å²) in [5.74, 6) is -0.209. The van der Waals surface area contributed by atoms with E-state index in [1.165, 1.54) is 31.7 Å². The van der Waals surface area contributed by atoms with Gasteiger partial charge in [-0.3, -0.25) is 0 Å². The highest BCUT2D eigenvalue weighted by Crippen LogP contribution is 2.38. The van der Waals surface area contributed by atoms with Gasteiger partial charge in [-0.15, -0.1) is 0 Å². The smallest absolute Gasteiger partial charge is 0.123 e. The Hall–Kier alpha value is -1.09. The summed E-state index contributed by atoms with van der Waals surface area (Å²) >= 11 is 0. The number of rotatable bonds is 3. The lowest BCUT2D eigenvalue weighted by Gasteiger charge is -2.40. The first-order valence-electron chi connectivity index (χ1n) is 7.58. The number of anilines is 1. The van der Waals surface area contributed by atoms with Crippen LogP contribution in [0.3, 0.4) is 0 Å². The summed E-state index contributed by atoms with van der Waals surface area (Å²) in [6.07, 6.45) is 4.88. The Kier molecular flexibility index (Phi) is 4.38. The molecule has 0 aliphatic heterocycles. The van der Waals surface area contributed by atoms with Crippen molar-refractivity contribution < 1.29 is 4.39 Å². The van der Waals surface area contributed by atoms with Gasteiger partial charge in [0.05, 0.1) is 0 Å². The first-order valence-corrected chi connectivity index (χ1v) is 7.58. The monoisotopic (exact) mass is 278 g/mol. The van der Waals surface area contributed by atoms with Gasteiger partial charge in [-0.25, -0.2) is 4.39 Å². The quantitative estimate of drug-likeness (QED) is 0.895. The van der Waals surface area contributed by atoms with E-state index in [0.717, 1.165) is 11.3 Å². The molecule has 2 rings (SSSR count). The van der Waals surface area contributed by atoms with Crippen molar-refractivity contribution in [3.63, 3.8) is 0 Å². The maximum Gasteiger partial charge on any atom is 0.123 e. The summed E-state index contributed by atoms with van der Waals surface area (Å²) < 4.78 is 13.4. The van der Waals surface area contributed by atoms with Crippen LogP contribution >= 0.6 is 0 Å². The molecule has 112 valence electrons. The molecule has 20 heavy (non-hydrogen) atoms. The zero-order chi connectivity index (χ0) is 14.9. The van der Waals surface area contributed by atoms with Gasteiger partial charge in [-0.1, -0.05) is 13.8 Å². The largest absolute Gasteiger partial charge is 0.371 e. The van der Waals surface area contributed by atoms with Crippen molar-refractivity contribution in [3.8, 4) is 0 Å². The molecule has 1 saturated carbocycles. The van der Waals surface area contributed by atoms with E-state index in [2.05, 4.69) is 25.8 Å². The minimum Gasteiger partial charge on any atom is -0.371 e. The van der Waals surface area contributed by atoms with E-state index in [0.29, 0.717) is 11.5 Å². The van der Waals surface area contributed by atoms with Gasteiger partial charge in [0, 0.05) is 24.8 Å². The Morgan fingerprint density at radius 1 is 1.30 bits per heavy atom. The number of nitrogens with zero attached hydrogens (tertiary/aromatic N) is 1. The van der Waals surface area contributed by atoms with E-state index in [1.807, 2.05) is 13.0 Å². The Morgan fingerprint density at radius 3 is 2.45 bits per heavy atom. The lowest BCUT2D eigenvalue weighted by molar-refractivity contribution is 0.222. The molecule has 0 unspecified atom stereocenters. The highest BCUT2D eigenvalue weighted by molar-refractivity contribution is 5.55. The molecule has 0 spiro atoms. The maximum absolute atomic E-state index is 13.4. The van der Waals surface area contributed by atoms with E-state index in [9.17, 15) is 4.39 Å². The van der Waals surface area contributed by atoms with Crippen LogP contribution in [-0.4, -0.2) is 13.1 Å². The molecule has 1 aliphatic rings. The summed E-state index contributed by atoms with van der Waals surface area (Å²) in [5, 5.41) is 0. The van der Waals surface area contributed by atoms with Crippen LogP contribution in [0.15, 0.2) is 18.2 Å². The molecule has 1 fully saturated rings. The predicted molar refractivity (Wildman–Crippen MR) is 83.4 cm³/mol. The minimum atomic E-state index is -0.209. The molecular weight excluding hydrogens is 251 g/mol. The molecule has 0 amide bonds. The van der Waals surface area contributed by atoms with E-state index < -0.39 is 0 Å². The molecule has 1 aliphatic carbocycles. The first kappa shape index (κ1) is 15.3. The number of hydrogen-bond acceptors (Lipinski definition) is 2. The van der Waals surface area contributed by atoms with Crippen molar-refractivity contribution in [2.45, 2.75) is 58.5 Å². The zero-order valence-corrected chi connectivity index (χ0v) is 13.1. The molecule has 0 radical (unpaired) electrons. The van der Waals surface area contributed by atoms with Gasteiger partial charge in [0.2, 0.25) is 0 Å². The van der Waals surface area contributed by atoms with Crippen molar-refractivity contribution in [1.29, 1.82) is 0 Å². The minimum absolute atomic E-state index is 0.150. The average Bonchev–Trinajstić information content (AvgIpc) is 2.37. The van der Waals surface area contributed by atoms with E-state index >= 15 is 0 Å². The van der Waals surface area contributed by atoms with Crippen LogP contribution in [0.5, 0.6) is 0 Å². The molecule has 1 aromatic rings. The fourth-order valence-corrected chi connectivity index (χ4v) is 3.18. The summed E-state index contributed by atoms with van der Waals surface area (Å²) in [6, 6.07) is 5.36. The lowest BCUT2D eigenvalue weighted by Crippen LogP contribution is -2.38. The number of hydrogen-bond donors (Lipinski definition) is 1. The molecule has 2 N–H and O–H groups in total. The third kappa shape index (κ3) is 3.32. The van der Waals surface area contributed by atoms with E-state index in [-0.39, 0.29) is 11.9 Å². The maximum atomic E-state index is 13.4. The topological polar surface area (TPSA) is 29.3 Å². The molecular formula is C17H27FN2. The summed E-state index contributed by atoms with van der Waals surface area (Å²) in [6.45, 7) is 6.60. The molecule has 3 heteroatoms. The van der Waals surface area contributed by atoms with Crippen molar-refractivity contribution in [2.75, 3.05) is 11.9 Å². The van der Waals surface area contributed by atoms with Crippen molar-refractivity contribution >= 4 is 5.69 Å². The summed E-state index contributed by atoms with van der Waals surface area (Å²) in [4.78, 5) is 2.30. The van der Waals surface area contributed by atoms with Gasteiger partial charge in [0.25, 0.3) is 0 Å². The molecule has 0 bridgehead atoms. The number of halogens is 1. The van der Waals surface area contributed by atoms with Gasteiger partial charge in [-0.05, 0) is 61.8 Å². The second-order valence-corrected chi connectivity index (χ2v) is 7.00. The molecule has 0 aromatic heterocycles. The molecule has 1 atom stereocenters. The molecule has 2 nitrogen and oxygen atoms in total. The highest BCUT2D eigenvalue weighted by atomic mass is 19.1. The van der Waals surface area contributed by atoms with Crippen LogP contribution in [0.25, 0.3) is 0 Å². The van der Waals surface area contributed by atoms with Crippen LogP contribution in [0.4, 0.5) is 10.1 Å². The van der Waals surface area contributed by atoms with E-state index in [4.69, 9.17) is 5.73 Å². The Bertz CT molecular complexity index is 458. The van der Waals surface area contributed by atoms with Crippen molar-refractivity contribution in [3.05, 3.63) is 29.6 Å². The average molecular weight is 278 g/mol. The highest BCUT2D eigenvalue weighted by Gasteiger charge is 2.29. The first-order chi connectivity index (χ1) is 9.30. The van der Waals surface area contributed by atoms with Gasteiger partial charge in [0.15, 0.2) is 0 Å². The molecule has 1 aromatic carbocycles. The second-order valence-electron chi connectivity index (χ2n) is 7.00. The number of nitrogens with two attached hydrogens (primary N) is 1. The Balaban J connectivity index is 2.19. The fraction of sp³-hybridized carbons (Fsp3) is 0.647. The Labute approximate surface area is 122 Å². The SMILES string of the molecule is C[C@@H](N)c1cc(F)ccc1N(C)C1CCC(C)(C)CC1. The Morgan fingerprint density at radius 2 is 1.90 bits per heavy atom. The normalized spacial score (nSPS) is 20.7. The van der Waals surface area contributed by atoms with Gasteiger partial charge >= 0.3 is 0 Å². The fourth-order valence-electron chi connectivity index (χ4n) is 3.18. The van der Waals surface area contributed by atoms with Crippen molar-refractivity contribution in [1.82, 2.24) is 0 Å². The van der Waals surface area contributed by atoms with Crippen LogP contribution < -0.4 is 10.6 Å². The van der Waals surface area contributed by atoms with Crippen LogP contribution in [0, 0.1) is 11.2 Å². The molecule has 0 heterocycles. The third-order valence-electron chi connectivity index (χ3n) is 4.72. The lowest BCUT2D eigenvalue weighted by atomic mass is 9.75. The van der Waals surface area contributed by atoms with E-state index in [1.54, 1.807) is 6.07 Å². The van der Waals surface area contributed by atoms with Gasteiger partial charge in [0.1, 0.15) is 5.82 Å². The molecule has 0 saturated heterocycles. The number of benzene rings is 1. The summed E-state index contributed by atoms with van der Waals surface area (Å²) in [7, 11) is 2.11. The van der Waals surface area contributed by atoms with Crippen molar-refractivity contribution in [2.24, 2.45) is 11.1 Å². The van der Waals surface area contributed by atoms with Crippen LogP contribution in [-0.2, 0) is 0 Å². The van der Waals surface area contributed by atoms with Crippen LogP contribution in [0.1, 0.15) is 58.1 Å². The second kappa shape index (κ2) is 5.72. The summed E-state index contributed by atoms with van der Waals surface area (Å²) in [5.41, 5.74) is 8.44. The van der Waals surface area contributed by atoms with Crippen LogP contribution in [0.2, 0.25) is 0 Å². The third-order valence-corrected chi connectivity index (χ3v) is 4.72. The standard InChI is InChI=1S/C17H27FN2/c1-12(19)15-11-13(18)5-6-16(15)20(4)14-7-9-17(2,3)10-8-14/h5-6,11-12,14H,7-10,19H2,1-4H3/t12-/m1/s1. The van der Waals surface area contributed by atoms with Gasteiger partial charge in [-0.2, -0.15) is 0 Å².